The Bertz CT molecular complexity index is 744. The zero-order chi connectivity index (χ0) is 18.3. The van der Waals surface area contributed by atoms with Gasteiger partial charge < -0.3 is 14.4 Å². The molecule has 7 nitrogen and oxygen atoms in total. The van der Waals surface area contributed by atoms with Crippen LogP contribution in [0.1, 0.15) is 25.2 Å². The van der Waals surface area contributed by atoms with E-state index in [-0.39, 0.29) is 18.9 Å². The highest BCUT2D eigenvalue weighted by molar-refractivity contribution is 7.54. The molecule has 0 aliphatic rings. The van der Waals surface area contributed by atoms with Crippen molar-refractivity contribution in [2.24, 2.45) is 0 Å². The van der Waals surface area contributed by atoms with E-state index in [1.54, 1.807) is 38.1 Å². The van der Waals surface area contributed by atoms with Crippen LogP contribution < -0.4 is 5.32 Å². The molecule has 0 aliphatic carbocycles. The first-order chi connectivity index (χ1) is 12.0. The highest BCUT2D eigenvalue weighted by atomic mass is 31.2. The van der Waals surface area contributed by atoms with Gasteiger partial charge >= 0.3 is 7.60 Å². The van der Waals surface area contributed by atoms with Crippen LogP contribution in [-0.2, 0) is 13.6 Å². The molecule has 0 heterocycles. The number of nitrogens with zero attached hydrogens (tertiary/aromatic N) is 1. The van der Waals surface area contributed by atoms with Gasteiger partial charge in [-0.2, -0.15) is 0 Å². The number of nitro benzene ring substituents is 1. The third-order valence-corrected chi connectivity index (χ3v) is 5.71. The Kier molecular flexibility index (Phi) is 6.70. The van der Waals surface area contributed by atoms with E-state index in [4.69, 9.17) is 9.05 Å². The van der Waals surface area contributed by atoms with Gasteiger partial charge in [-0.25, -0.2) is 0 Å². The molecular weight excluding hydrogens is 343 g/mol. The number of hydrogen-bond acceptors (Lipinski definition) is 6. The molecule has 2 rings (SSSR count). The highest BCUT2D eigenvalue weighted by Crippen LogP contribution is 2.60. The van der Waals surface area contributed by atoms with Crippen molar-refractivity contribution in [2.75, 3.05) is 18.5 Å². The molecule has 25 heavy (non-hydrogen) atoms. The lowest BCUT2D eigenvalue weighted by molar-refractivity contribution is -0.384. The summed E-state index contributed by atoms with van der Waals surface area (Å²) in [4.78, 5) is 10.5. The Balaban J connectivity index is 2.43. The minimum atomic E-state index is -3.54. The third-order valence-electron chi connectivity index (χ3n) is 3.41. The van der Waals surface area contributed by atoms with E-state index in [0.29, 0.717) is 11.3 Å². The highest BCUT2D eigenvalue weighted by Gasteiger charge is 2.37. The van der Waals surface area contributed by atoms with Crippen LogP contribution in [0.2, 0.25) is 0 Å². The molecule has 0 saturated heterocycles. The Morgan fingerprint density at radius 1 is 1.08 bits per heavy atom. The van der Waals surface area contributed by atoms with Crippen LogP contribution in [0, 0.1) is 10.1 Å². The molecule has 0 unspecified atom stereocenters. The monoisotopic (exact) mass is 364 g/mol. The van der Waals surface area contributed by atoms with Crippen molar-refractivity contribution in [2.45, 2.75) is 19.6 Å². The van der Waals surface area contributed by atoms with Crippen molar-refractivity contribution in [1.82, 2.24) is 0 Å². The fourth-order valence-corrected chi connectivity index (χ4v) is 4.33. The van der Waals surface area contributed by atoms with Crippen molar-refractivity contribution in [3.63, 3.8) is 0 Å². The molecule has 134 valence electrons. The lowest BCUT2D eigenvalue weighted by Gasteiger charge is -2.28. The third kappa shape index (κ3) is 4.89. The molecule has 2 aromatic carbocycles. The van der Waals surface area contributed by atoms with Gasteiger partial charge in [0.2, 0.25) is 0 Å². The van der Waals surface area contributed by atoms with Crippen LogP contribution in [0.5, 0.6) is 0 Å². The van der Waals surface area contributed by atoms with Gasteiger partial charge in [-0.3, -0.25) is 14.7 Å². The van der Waals surface area contributed by atoms with E-state index < -0.39 is 18.3 Å². The Morgan fingerprint density at radius 2 is 1.72 bits per heavy atom. The summed E-state index contributed by atoms with van der Waals surface area (Å²) in [6.07, 6.45) is 0. The number of nitro groups is 1. The molecule has 0 saturated carbocycles. The minimum Gasteiger partial charge on any atom is -0.368 e. The summed E-state index contributed by atoms with van der Waals surface area (Å²) in [6.45, 7) is 3.91. The molecule has 2 aromatic rings. The van der Waals surface area contributed by atoms with Gasteiger partial charge in [0, 0.05) is 17.8 Å². The molecule has 0 fully saturated rings. The van der Waals surface area contributed by atoms with Crippen molar-refractivity contribution in [1.29, 1.82) is 0 Å². The van der Waals surface area contributed by atoms with Crippen molar-refractivity contribution >= 4 is 19.0 Å². The number of rotatable bonds is 9. The normalized spacial score (nSPS) is 12.6. The van der Waals surface area contributed by atoms with Crippen molar-refractivity contribution < 1.29 is 18.5 Å². The lowest BCUT2D eigenvalue weighted by atomic mass is 10.2. The van der Waals surface area contributed by atoms with E-state index in [1.165, 1.54) is 12.1 Å². The van der Waals surface area contributed by atoms with Gasteiger partial charge in [-0.1, -0.05) is 36.4 Å². The predicted octanol–water partition coefficient (Wildman–Crippen LogP) is 4.97. The summed E-state index contributed by atoms with van der Waals surface area (Å²) in [6, 6.07) is 15.1. The quantitative estimate of drug-likeness (QED) is 0.384. The molecule has 0 amide bonds. The van der Waals surface area contributed by atoms with Crippen molar-refractivity contribution in [3.05, 3.63) is 70.3 Å². The number of benzene rings is 2. The average molecular weight is 364 g/mol. The summed E-state index contributed by atoms with van der Waals surface area (Å²) < 4.78 is 24.2. The molecular formula is C17H21N2O5P. The molecule has 1 atom stereocenters. The van der Waals surface area contributed by atoms with Gasteiger partial charge in [-0.15, -0.1) is 0 Å². The SMILES string of the molecule is CCOP(=O)(OCC)[C@H](Nc1cccc([N+](=O)[O-])c1)c1ccccc1. The van der Waals surface area contributed by atoms with Crippen LogP contribution >= 0.6 is 7.60 Å². The maximum Gasteiger partial charge on any atom is 0.357 e. The van der Waals surface area contributed by atoms with Gasteiger partial charge in [0.1, 0.15) is 0 Å². The van der Waals surface area contributed by atoms with Gasteiger partial charge in [-0.05, 0) is 25.5 Å². The van der Waals surface area contributed by atoms with E-state index in [1.807, 2.05) is 18.2 Å². The molecule has 1 N–H and O–H groups in total. The summed E-state index contributed by atoms with van der Waals surface area (Å²) in [7, 11) is -3.54. The van der Waals surface area contributed by atoms with Crippen molar-refractivity contribution in [3.8, 4) is 0 Å². The molecule has 8 heteroatoms. The second-order valence-electron chi connectivity index (χ2n) is 5.14. The molecule has 0 bridgehead atoms. The Morgan fingerprint density at radius 3 is 2.28 bits per heavy atom. The molecule has 0 radical (unpaired) electrons. The van der Waals surface area contributed by atoms with Gasteiger partial charge in [0.25, 0.3) is 5.69 Å². The number of non-ortho nitro benzene ring substituents is 1. The summed E-state index contributed by atoms with van der Waals surface area (Å²) in [5.74, 6) is -0.782. The predicted molar refractivity (Wildman–Crippen MR) is 96.8 cm³/mol. The molecule has 0 spiro atoms. The fraction of sp³-hybridized carbons (Fsp3) is 0.294. The van der Waals surface area contributed by atoms with E-state index in [2.05, 4.69) is 5.32 Å². The Labute approximate surface area is 146 Å². The van der Waals surface area contributed by atoms with E-state index >= 15 is 0 Å². The first kappa shape index (κ1) is 19.1. The van der Waals surface area contributed by atoms with Gasteiger partial charge in [0.15, 0.2) is 5.78 Å². The zero-order valence-electron chi connectivity index (χ0n) is 14.1. The van der Waals surface area contributed by atoms with Crippen LogP contribution in [0.25, 0.3) is 0 Å². The number of hydrogen-bond donors (Lipinski definition) is 1. The Hall–Kier alpha value is -2.21. The van der Waals surface area contributed by atoms with E-state index in [9.17, 15) is 14.7 Å². The zero-order valence-corrected chi connectivity index (χ0v) is 15.0. The van der Waals surface area contributed by atoms with Crippen LogP contribution in [0.15, 0.2) is 54.6 Å². The second kappa shape index (κ2) is 8.76. The average Bonchev–Trinajstić information content (AvgIpc) is 2.61. The minimum absolute atomic E-state index is 0.0561. The van der Waals surface area contributed by atoms with Gasteiger partial charge in [0.05, 0.1) is 18.1 Å². The standard InChI is InChI=1S/C17H21N2O5P/c1-3-23-25(22,24-4-2)17(14-9-6-5-7-10-14)18-15-11-8-12-16(13-15)19(20)21/h5-13,17-18H,3-4H2,1-2H3/t17-/m0/s1. The first-order valence-electron chi connectivity index (χ1n) is 7.95. The lowest BCUT2D eigenvalue weighted by Crippen LogP contribution is -2.15. The largest absolute Gasteiger partial charge is 0.368 e. The molecule has 0 aromatic heterocycles. The molecule has 0 aliphatic heterocycles. The topological polar surface area (TPSA) is 90.7 Å². The second-order valence-corrected chi connectivity index (χ2v) is 7.25. The fourth-order valence-electron chi connectivity index (χ4n) is 2.39. The summed E-state index contributed by atoms with van der Waals surface area (Å²) >= 11 is 0. The summed E-state index contributed by atoms with van der Waals surface area (Å²) in [5, 5.41) is 14.1. The summed E-state index contributed by atoms with van der Waals surface area (Å²) in [5.41, 5.74) is 1.11. The number of anilines is 1. The van der Waals surface area contributed by atoms with Crippen LogP contribution in [0.4, 0.5) is 11.4 Å². The maximum atomic E-state index is 13.3. The smallest absolute Gasteiger partial charge is 0.357 e. The van der Waals surface area contributed by atoms with Crippen LogP contribution in [-0.4, -0.2) is 18.1 Å². The van der Waals surface area contributed by atoms with E-state index in [0.717, 1.165) is 0 Å². The van der Waals surface area contributed by atoms with Crippen LogP contribution in [0.3, 0.4) is 0 Å². The number of nitrogens with one attached hydrogen (secondary N) is 1. The first-order valence-corrected chi connectivity index (χ1v) is 9.56. The maximum absolute atomic E-state index is 13.3.